The van der Waals surface area contributed by atoms with Crippen molar-refractivity contribution in [3.63, 3.8) is 0 Å². The van der Waals surface area contributed by atoms with Gasteiger partial charge in [0.15, 0.2) is 0 Å². The first-order chi connectivity index (χ1) is 13.8. The Morgan fingerprint density at radius 2 is 1.59 bits per heavy atom. The fraction of sp³-hybridized carbons (Fsp3) is 0.889. The van der Waals surface area contributed by atoms with Gasteiger partial charge in [-0.1, -0.05) is 0 Å². The van der Waals surface area contributed by atoms with Gasteiger partial charge in [-0.15, -0.1) is 0 Å². The summed E-state index contributed by atoms with van der Waals surface area (Å²) in [7, 11) is 0. The van der Waals surface area contributed by atoms with Gasteiger partial charge in [-0.25, -0.2) is 9.78 Å². The molecule has 2 aliphatic rings. The molecule has 1 atom stereocenters. The second-order valence-corrected chi connectivity index (χ2v) is 9.32. The molecule has 1 saturated carbocycles. The van der Waals surface area contributed by atoms with Gasteiger partial charge in [0.25, 0.3) is 0 Å². The van der Waals surface area contributed by atoms with Crippen molar-refractivity contribution in [3.05, 3.63) is 0 Å². The van der Waals surface area contributed by atoms with Gasteiger partial charge in [0.1, 0.15) is 12.7 Å². The Bertz CT molecular complexity index is 464. The van der Waals surface area contributed by atoms with Crippen LogP contribution in [0.1, 0.15) is 44.9 Å². The van der Waals surface area contributed by atoms with E-state index in [0.29, 0.717) is 19.8 Å². The summed E-state index contributed by atoms with van der Waals surface area (Å²) in [4.78, 5) is 31.0. The summed E-state index contributed by atoms with van der Waals surface area (Å²) in [5.74, 6) is -5.01. The minimum absolute atomic E-state index is 0.130. The zero-order chi connectivity index (χ0) is 21.7. The van der Waals surface area contributed by atoms with Crippen molar-refractivity contribution in [1.29, 1.82) is 0 Å². The maximum Gasteiger partial charge on any atom is 0.116 e. The van der Waals surface area contributed by atoms with Crippen molar-refractivity contribution in [2.24, 2.45) is 17.4 Å². The van der Waals surface area contributed by atoms with Crippen LogP contribution in [0.15, 0.2) is 0 Å². The molecule has 1 aliphatic heterocycles. The van der Waals surface area contributed by atoms with E-state index in [1.54, 1.807) is 0 Å². The molecule has 10 nitrogen and oxygen atoms in total. The number of ether oxygens (including phenoxy) is 2. The van der Waals surface area contributed by atoms with Crippen LogP contribution in [0.25, 0.3) is 0 Å². The van der Waals surface area contributed by atoms with Crippen molar-refractivity contribution in [2.45, 2.75) is 61.0 Å². The Labute approximate surface area is 182 Å². The van der Waals surface area contributed by atoms with Gasteiger partial charge in [-0.3, -0.25) is 0 Å². The fourth-order valence-electron chi connectivity index (χ4n) is 2.97. The van der Waals surface area contributed by atoms with Crippen LogP contribution in [0.4, 0.5) is 0 Å². The van der Waals surface area contributed by atoms with Gasteiger partial charge in [0.2, 0.25) is 0 Å². The molecule has 11 heteroatoms. The van der Waals surface area contributed by atoms with Crippen molar-refractivity contribution < 1.29 is 58.9 Å². The van der Waals surface area contributed by atoms with Crippen molar-refractivity contribution in [1.82, 2.24) is 0 Å². The van der Waals surface area contributed by atoms with Crippen LogP contribution < -0.4 is 21.7 Å². The molecule has 0 bridgehead atoms. The molecule has 1 heterocycles. The zero-order valence-electron chi connectivity index (χ0n) is 16.5. The van der Waals surface area contributed by atoms with Crippen LogP contribution in [0.3, 0.4) is 0 Å². The number of carboxylic acid groups (broad SMARTS) is 2. The normalized spacial score (nSPS) is 23.1. The topological polar surface area (TPSA) is 169 Å². The summed E-state index contributed by atoms with van der Waals surface area (Å²) >= 11 is 2.41. The summed E-state index contributed by atoms with van der Waals surface area (Å²) in [6.07, 6.45) is 5.67. The first-order valence-corrected chi connectivity index (χ1v) is 10.9. The smallest absolute Gasteiger partial charge is 0.116 e. The van der Waals surface area contributed by atoms with Gasteiger partial charge in [-0.05, 0) is 12.8 Å². The molecule has 0 aromatic carbocycles. The van der Waals surface area contributed by atoms with Crippen molar-refractivity contribution in [2.75, 3.05) is 33.0 Å². The molecule has 2 fully saturated rings. The molecule has 0 aromatic rings. The van der Waals surface area contributed by atoms with E-state index in [-0.39, 0.29) is 36.0 Å². The monoisotopic (exact) mass is 598 g/mol. The minimum atomic E-state index is -1.67. The van der Waals surface area contributed by atoms with Gasteiger partial charge >= 0.3 is 73.4 Å². The van der Waals surface area contributed by atoms with E-state index in [9.17, 15) is 19.8 Å². The number of carbonyl (C=O) groups excluding carboxylic acids is 2. The molecular formula is C18H31N2O8Pt. The molecule has 2 rings (SSSR count). The Hall–Kier alpha value is -0.612. The summed E-state index contributed by atoms with van der Waals surface area (Å²) in [6, 6.07) is 0. The minimum Gasteiger partial charge on any atom is -0.549 e. The maximum atomic E-state index is 10.6. The van der Waals surface area contributed by atoms with Crippen LogP contribution in [0, 0.1) is 5.92 Å². The van der Waals surface area contributed by atoms with E-state index in [2.05, 4.69) is 19.8 Å². The molecule has 4 N–H and O–H groups in total. The number of carbonyl (C=O) groups is 2. The van der Waals surface area contributed by atoms with Gasteiger partial charge in [0, 0.05) is 5.92 Å². The summed E-state index contributed by atoms with van der Waals surface area (Å²) in [6.45, 7) is 1.56. The molecule has 29 heavy (non-hydrogen) atoms. The Balaban J connectivity index is 0.000000352. The Morgan fingerprint density at radius 1 is 1.00 bits per heavy atom. The number of hydrogen-bond donors (Lipinski definition) is 2. The fourth-order valence-corrected chi connectivity index (χ4v) is 3.77. The van der Waals surface area contributed by atoms with Crippen LogP contribution >= 0.6 is 0 Å². The molecule has 1 aliphatic carbocycles. The third-order valence-corrected chi connectivity index (χ3v) is 6.66. The number of carboxylic acids is 2. The van der Waals surface area contributed by atoms with E-state index in [1.165, 1.54) is 32.1 Å². The first kappa shape index (κ1) is 26.4. The summed E-state index contributed by atoms with van der Waals surface area (Å²) in [5.41, 5.74) is 11.3. The van der Waals surface area contributed by atoms with Crippen LogP contribution in [0.5, 0.6) is 0 Å². The standard InChI is InChI=1S/C11H18O8.C7H15N2.Pt/c12-10(13)9(11(14)15)2-1-8-7-17-4-3-16-5-6-18-19-8;8-7(9)6-4-2-1-3-5-6;/h8-9H,1-7H2,(H,12,13)(H,14,15);7H,1-5,8-9H2;/q;;+2/p-2. The second kappa shape index (κ2) is 14.4. The number of nitrogens with two attached hydrogens (primary N) is 2. The Morgan fingerprint density at radius 3 is 2.14 bits per heavy atom. The number of aliphatic carboxylic acids is 2. The molecule has 171 valence electrons. The van der Waals surface area contributed by atoms with Gasteiger partial charge in [0.05, 0.1) is 38.4 Å². The van der Waals surface area contributed by atoms with Crippen LogP contribution in [-0.4, -0.2) is 57.2 Å². The zero-order valence-corrected chi connectivity index (χ0v) is 18.7. The van der Waals surface area contributed by atoms with E-state index >= 15 is 0 Å². The molecule has 1 unspecified atom stereocenters. The van der Waals surface area contributed by atoms with Gasteiger partial charge < -0.3 is 29.3 Å². The first-order valence-electron chi connectivity index (χ1n) is 9.78. The second-order valence-electron chi connectivity index (χ2n) is 7.06. The number of rotatable bonds is 6. The van der Waals surface area contributed by atoms with Crippen molar-refractivity contribution >= 4 is 11.9 Å². The van der Waals surface area contributed by atoms with E-state index in [4.69, 9.17) is 30.7 Å². The molecule has 0 aromatic heterocycles. The third kappa shape index (κ3) is 10.8. The predicted octanol–water partition coefficient (Wildman–Crippen LogP) is -1.85. The maximum absolute atomic E-state index is 10.6. The van der Waals surface area contributed by atoms with E-state index in [0.717, 1.165) is 0 Å². The van der Waals surface area contributed by atoms with E-state index < -0.39 is 24.0 Å². The average Bonchev–Trinajstić information content (AvgIpc) is 2.67. The average molecular weight is 599 g/mol. The largest absolute Gasteiger partial charge is 0.549 e. The third-order valence-electron chi connectivity index (χ3n) is 4.77. The summed E-state index contributed by atoms with van der Waals surface area (Å²) < 4.78 is 10.5. The molecular weight excluding hydrogens is 567 g/mol. The Kier molecular flexibility index (Phi) is 13.1. The van der Waals surface area contributed by atoms with Crippen molar-refractivity contribution in [3.8, 4) is 0 Å². The SMILES string of the molecule is NC(N)[C]1([Pt+2])CCCCC1.O=C([O-])C(CCC1COCCOCCOO1)C(=O)[O-]. The predicted molar refractivity (Wildman–Crippen MR) is 93.1 cm³/mol. The van der Waals surface area contributed by atoms with E-state index in [1.807, 2.05) is 0 Å². The van der Waals surface area contributed by atoms with Crippen LogP contribution in [0.2, 0.25) is 3.80 Å². The van der Waals surface area contributed by atoms with Gasteiger partial charge in [-0.2, -0.15) is 0 Å². The summed E-state index contributed by atoms with van der Waals surface area (Å²) in [5, 5.41) is 21.2. The molecule has 0 amide bonds. The molecule has 0 spiro atoms. The quantitative estimate of drug-likeness (QED) is 0.201. The van der Waals surface area contributed by atoms with Crippen LogP contribution in [-0.2, 0) is 48.7 Å². The number of hydrogen-bond acceptors (Lipinski definition) is 10. The molecule has 0 radical (unpaired) electrons. The molecule has 1 saturated heterocycles.